The van der Waals surface area contributed by atoms with Gasteiger partial charge in [0, 0.05) is 15.2 Å². The van der Waals surface area contributed by atoms with Gasteiger partial charge in [0.15, 0.2) is 0 Å². The lowest BCUT2D eigenvalue weighted by molar-refractivity contribution is -0.123. The third-order valence-electron chi connectivity index (χ3n) is 4.74. The van der Waals surface area contributed by atoms with Crippen LogP contribution in [-0.2, 0) is 11.3 Å². The van der Waals surface area contributed by atoms with Gasteiger partial charge in [-0.3, -0.25) is 14.5 Å². The Hall–Kier alpha value is -3.38. The Morgan fingerprint density at radius 2 is 1.61 bits per heavy atom. The molecule has 0 saturated carbocycles. The fourth-order valence-electron chi connectivity index (χ4n) is 3.14. The van der Waals surface area contributed by atoms with Gasteiger partial charge in [-0.2, -0.15) is 0 Å². The fourth-order valence-corrected chi connectivity index (χ4v) is 4.32. The van der Waals surface area contributed by atoms with Crippen molar-refractivity contribution in [2.24, 2.45) is 0 Å². The van der Waals surface area contributed by atoms with Gasteiger partial charge in [0.2, 0.25) is 0 Å². The third kappa shape index (κ3) is 5.01. The van der Waals surface area contributed by atoms with E-state index in [1.807, 2.05) is 24.3 Å². The number of nitrogens with zero attached hydrogens (tertiary/aromatic N) is 1. The lowest BCUT2D eigenvalue weighted by atomic mass is 10.0. The Labute approximate surface area is 205 Å². The molecule has 0 atom stereocenters. The van der Waals surface area contributed by atoms with Crippen molar-refractivity contribution in [3.8, 4) is 11.3 Å². The molecule has 1 fully saturated rings. The molecule has 0 spiro atoms. The summed E-state index contributed by atoms with van der Waals surface area (Å²) >= 11 is 2.97. The van der Waals surface area contributed by atoms with E-state index in [0.717, 1.165) is 31.9 Å². The summed E-state index contributed by atoms with van der Waals surface area (Å²) in [6, 6.07) is 14.2. The number of carbonyl (C=O) groups is 4. The van der Waals surface area contributed by atoms with Crippen molar-refractivity contribution in [1.29, 1.82) is 0 Å². The van der Waals surface area contributed by atoms with Gasteiger partial charge >= 0.3 is 11.9 Å². The second kappa shape index (κ2) is 9.24. The van der Waals surface area contributed by atoms with Crippen LogP contribution in [0.2, 0.25) is 0 Å². The number of hydrogen-bond acceptors (Lipinski definition) is 6. The molecule has 166 valence electrons. The summed E-state index contributed by atoms with van der Waals surface area (Å²) in [5.74, 6) is -2.49. The van der Waals surface area contributed by atoms with Crippen LogP contribution < -0.4 is 0 Å². The van der Waals surface area contributed by atoms with Crippen LogP contribution >= 0.6 is 34.4 Å². The van der Waals surface area contributed by atoms with Crippen molar-refractivity contribution in [1.82, 2.24) is 4.90 Å². The van der Waals surface area contributed by atoms with Crippen LogP contribution in [0.3, 0.4) is 0 Å². The van der Waals surface area contributed by atoms with Crippen LogP contribution in [0.25, 0.3) is 17.4 Å². The van der Waals surface area contributed by atoms with E-state index in [1.165, 1.54) is 24.3 Å². The van der Waals surface area contributed by atoms with Gasteiger partial charge < -0.3 is 14.6 Å². The first-order valence-electron chi connectivity index (χ1n) is 9.43. The zero-order valence-corrected chi connectivity index (χ0v) is 19.6. The largest absolute Gasteiger partial charge is 0.478 e. The third-order valence-corrected chi connectivity index (χ3v) is 6.37. The summed E-state index contributed by atoms with van der Waals surface area (Å²) in [5.41, 5.74) is 0.699. The molecule has 2 amide bonds. The number of carboxylic acids is 2. The Morgan fingerprint density at radius 1 is 0.970 bits per heavy atom. The maximum Gasteiger partial charge on any atom is 0.335 e. The van der Waals surface area contributed by atoms with Gasteiger partial charge in [0.25, 0.3) is 11.1 Å². The molecule has 1 aliphatic heterocycles. The maximum atomic E-state index is 12.7. The zero-order valence-electron chi connectivity index (χ0n) is 16.6. The molecule has 0 bridgehead atoms. The Bertz CT molecular complexity index is 1290. The van der Waals surface area contributed by atoms with Crippen LogP contribution in [0.15, 0.2) is 63.9 Å². The minimum Gasteiger partial charge on any atom is -0.478 e. The number of carboxylic acid groups (broad SMARTS) is 2. The smallest absolute Gasteiger partial charge is 0.335 e. The molecule has 10 heteroatoms. The molecule has 33 heavy (non-hydrogen) atoms. The Balaban J connectivity index is 1.58. The molecule has 8 nitrogen and oxygen atoms in total. The maximum absolute atomic E-state index is 12.7. The number of furan rings is 1. The van der Waals surface area contributed by atoms with Gasteiger partial charge in [-0.25, -0.2) is 9.59 Å². The highest BCUT2D eigenvalue weighted by Gasteiger charge is 2.35. The predicted molar refractivity (Wildman–Crippen MR) is 129 cm³/mol. The van der Waals surface area contributed by atoms with Gasteiger partial charge in [-0.05, 0) is 82.4 Å². The standard InChI is InChI=1S/C23H14INO7S/c24-16-3-1-12(2-4-16)11-25-20(26)19(33-23(25)31)10-17-5-6-18(32-17)13-7-14(21(27)28)9-15(8-13)22(29)30/h1-10H,11H2,(H,27,28)(H,29,30)/b19-10+. The van der Waals surface area contributed by atoms with Crippen molar-refractivity contribution in [2.75, 3.05) is 0 Å². The second-order valence-electron chi connectivity index (χ2n) is 7.01. The first-order valence-corrected chi connectivity index (χ1v) is 11.3. The number of benzene rings is 2. The molecule has 1 saturated heterocycles. The minimum absolute atomic E-state index is 0.155. The zero-order chi connectivity index (χ0) is 23.7. The molecule has 0 aliphatic carbocycles. The van der Waals surface area contributed by atoms with Gasteiger partial charge in [-0.1, -0.05) is 12.1 Å². The lowest BCUT2D eigenvalue weighted by Crippen LogP contribution is -2.27. The first-order chi connectivity index (χ1) is 15.7. The molecule has 1 aromatic heterocycles. The van der Waals surface area contributed by atoms with Gasteiger partial charge in [0.1, 0.15) is 11.5 Å². The normalized spacial score (nSPS) is 14.8. The predicted octanol–water partition coefficient (Wildman–Crippen LogP) is 5.18. The molecular formula is C23H14INO7S. The molecule has 2 heterocycles. The van der Waals surface area contributed by atoms with Gasteiger partial charge in [-0.15, -0.1) is 0 Å². The number of aromatic carboxylic acids is 2. The van der Waals surface area contributed by atoms with Crippen molar-refractivity contribution >= 4 is 63.5 Å². The highest BCUT2D eigenvalue weighted by molar-refractivity contribution is 14.1. The molecule has 4 rings (SSSR count). The van der Waals surface area contributed by atoms with Crippen molar-refractivity contribution in [3.63, 3.8) is 0 Å². The topological polar surface area (TPSA) is 125 Å². The summed E-state index contributed by atoms with van der Waals surface area (Å²) in [4.78, 5) is 49.1. The molecular weight excluding hydrogens is 561 g/mol. The summed E-state index contributed by atoms with van der Waals surface area (Å²) in [7, 11) is 0. The number of halogens is 1. The molecule has 0 unspecified atom stereocenters. The SMILES string of the molecule is O=C(O)c1cc(C(=O)O)cc(-c2ccc(/C=C3/SC(=O)N(Cc4ccc(I)cc4)C3=O)o2)c1. The quantitative estimate of drug-likeness (QED) is 0.304. The minimum atomic E-state index is -1.27. The number of amides is 2. The Kier molecular flexibility index (Phi) is 6.38. The monoisotopic (exact) mass is 575 g/mol. The van der Waals surface area contributed by atoms with Crippen LogP contribution in [-0.4, -0.2) is 38.2 Å². The molecule has 2 N–H and O–H groups in total. The van der Waals surface area contributed by atoms with E-state index in [-0.39, 0.29) is 39.7 Å². The van der Waals surface area contributed by atoms with Gasteiger partial charge in [0.05, 0.1) is 22.6 Å². The number of hydrogen-bond donors (Lipinski definition) is 2. The molecule has 3 aromatic rings. The van der Waals surface area contributed by atoms with Crippen LogP contribution in [0.4, 0.5) is 4.79 Å². The molecule has 0 radical (unpaired) electrons. The van der Waals surface area contributed by atoms with Crippen molar-refractivity contribution in [3.05, 3.63) is 85.5 Å². The average Bonchev–Trinajstić information content (AvgIpc) is 3.35. The number of thioether (sulfide) groups is 1. The molecule has 2 aromatic carbocycles. The van der Waals surface area contributed by atoms with Crippen molar-refractivity contribution in [2.45, 2.75) is 6.54 Å². The van der Waals surface area contributed by atoms with E-state index in [4.69, 9.17) is 4.42 Å². The lowest BCUT2D eigenvalue weighted by Gasteiger charge is -2.12. The average molecular weight is 575 g/mol. The van der Waals surface area contributed by atoms with Crippen LogP contribution in [0, 0.1) is 3.57 Å². The van der Waals surface area contributed by atoms with Crippen LogP contribution in [0.5, 0.6) is 0 Å². The fraction of sp³-hybridized carbons (Fsp3) is 0.0435. The highest BCUT2D eigenvalue weighted by Crippen LogP contribution is 2.34. The first kappa shape index (κ1) is 22.8. The van der Waals surface area contributed by atoms with E-state index in [9.17, 15) is 29.4 Å². The van der Waals surface area contributed by atoms with E-state index in [0.29, 0.717) is 0 Å². The highest BCUT2D eigenvalue weighted by atomic mass is 127. The van der Waals surface area contributed by atoms with Crippen LogP contribution in [0.1, 0.15) is 32.0 Å². The number of imide groups is 1. The van der Waals surface area contributed by atoms with E-state index in [1.54, 1.807) is 6.07 Å². The molecule has 1 aliphatic rings. The number of carbonyl (C=O) groups excluding carboxylic acids is 2. The summed E-state index contributed by atoms with van der Waals surface area (Å²) in [5, 5.41) is 18.1. The summed E-state index contributed by atoms with van der Waals surface area (Å²) in [6.45, 7) is 0.155. The van der Waals surface area contributed by atoms with E-state index in [2.05, 4.69) is 22.6 Å². The van der Waals surface area contributed by atoms with Crippen molar-refractivity contribution < 1.29 is 33.8 Å². The second-order valence-corrected chi connectivity index (χ2v) is 9.24. The summed E-state index contributed by atoms with van der Waals surface area (Å²) < 4.78 is 6.74. The Morgan fingerprint density at radius 3 is 2.21 bits per heavy atom. The summed E-state index contributed by atoms with van der Waals surface area (Å²) in [6.07, 6.45) is 1.43. The van der Waals surface area contributed by atoms with E-state index >= 15 is 0 Å². The number of rotatable bonds is 6. The van der Waals surface area contributed by atoms with E-state index < -0.39 is 23.1 Å².